The fourth-order valence-electron chi connectivity index (χ4n) is 1.83. The Kier molecular flexibility index (Phi) is 3.38. The highest BCUT2D eigenvalue weighted by molar-refractivity contribution is 7.81. The van der Waals surface area contributed by atoms with Crippen LogP contribution in [0.4, 0.5) is 5.69 Å². The van der Waals surface area contributed by atoms with Crippen molar-refractivity contribution in [2.24, 2.45) is 0 Å². The number of hydrogen-bond acceptors (Lipinski definition) is 4. The van der Waals surface area contributed by atoms with Crippen molar-refractivity contribution in [3.05, 3.63) is 29.8 Å². The predicted molar refractivity (Wildman–Crippen MR) is 67.5 cm³/mol. The van der Waals surface area contributed by atoms with E-state index in [0.717, 1.165) is 5.69 Å². The Morgan fingerprint density at radius 3 is 2.53 bits per heavy atom. The van der Waals surface area contributed by atoms with Crippen LogP contribution in [0.25, 0.3) is 0 Å². The highest BCUT2D eigenvalue weighted by Gasteiger charge is 2.28. The lowest BCUT2D eigenvalue weighted by Gasteiger charge is -2.16. The number of amides is 1. The number of rotatable bonds is 2. The number of nitrogens with zero attached hydrogens (tertiary/aromatic N) is 1. The number of carbonyl (C=O) groups is 2. The molecule has 17 heavy (non-hydrogen) atoms. The van der Waals surface area contributed by atoms with Crippen molar-refractivity contribution in [2.75, 3.05) is 18.6 Å². The maximum Gasteiger partial charge on any atom is 0.337 e. The van der Waals surface area contributed by atoms with Gasteiger partial charge in [-0.15, -0.1) is 0 Å². The summed E-state index contributed by atoms with van der Waals surface area (Å²) in [4.78, 5) is 24.6. The van der Waals surface area contributed by atoms with Crippen LogP contribution in [0.3, 0.4) is 0 Å². The van der Waals surface area contributed by atoms with Crippen LogP contribution in [-0.2, 0) is 9.53 Å². The second-order valence-corrected chi connectivity index (χ2v) is 4.63. The Morgan fingerprint density at radius 2 is 2.06 bits per heavy atom. The first-order chi connectivity index (χ1) is 8.11. The number of ether oxygens (including phenoxy) is 1. The van der Waals surface area contributed by atoms with Gasteiger partial charge in [-0.2, -0.15) is 12.6 Å². The van der Waals surface area contributed by atoms with Gasteiger partial charge < -0.3 is 9.64 Å². The molecule has 1 amide bonds. The Hall–Kier alpha value is -1.49. The predicted octanol–water partition coefficient (Wildman–Crippen LogP) is 1.51. The van der Waals surface area contributed by atoms with E-state index in [1.165, 1.54) is 7.11 Å². The molecule has 0 bridgehead atoms. The second-order valence-electron chi connectivity index (χ2n) is 3.90. The van der Waals surface area contributed by atoms with Crippen LogP contribution in [0, 0.1) is 0 Å². The fourth-order valence-corrected chi connectivity index (χ4v) is 2.15. The molecule has 1 atom stereocenters. The van der Waals surface area contributed by atoms with Crippen molar-refractivity contribution < 1.29 is 14.3 Å². The van der Waals surface area contributed by atoms with Gasteiger partial charge in [0.15, 0.2) is 0 Å². The first-order valence-electron chi connectivity index (χ1n) is 5.28. The zero-order valence-electron chi connectivity index (χ0n) is 9.42. The van der Waals surface area contributed by atoms with Crippen LogP contribution in [0.15, 0.2) is 24.3 Å². The van der Waals surface area contributed by atoms with Crippen LogP contribution in [0.2, 0.25) is 0 Å². The fraction of sp³-hybridized carbons (Fsp3) is 0.333. The summed E-state index contributed by atoms with van der Waals surface area (Å²) in [6.45, 7) is 0.611. The third-order valence-electron chi connectivity index (χ3n) is 2.70. The summed E-state index contributed by atoms with van der Waals surface area (Å²) in [7, 11) is 1.34. The van der Waals surface area contributed by atoms with E-state index in [-0.39, 0.29) is 17.1 Å². The van der Waals surface area contributed by atoms with Crippen LogP contribution < -0.4 is 4.90 Å². The van der Waals surface area contributed by atoms with Gasteiger partial charge in [0.2, 0.25) is 5.91 Å². The molecular weight excluding hydrogens is 238 g/mol. The zero-order chi connectivity index (χ0) is 12.4. The Balaban J connectivity index is 2.18. The van der Waals surface area contributed by atoms with E-state index in [4.69, 9.17) is 0 Å². The van der Waals surface area contributed by atoms with Crippen molar-refractivity contribution in [3.63, 3.8) is 0 Å². The number of esters is 1. The zero-order valence-corrected chi connectivity index (χ0v) is 10.3. The van der Waals surface area contributed by atoms with Gasteiger partial charge in [0.1, 0.15) is 0 Å². The number of thiol groups is 1. The summed E-state index contributed by atoms with van der Waals surface area (Å²) >= 11 is 4.29. The molecule has 0 spiro atoms. The number of hydrogen-bond donors (Lipinski definition) is 1. The second kappa shape index (κ2) is 4.79. The third kappa shape index (κ3) is 2.44. The molecule has 0 aliphatic carbocycles. The van der Waals surface area contributed by atoms with Gasteiger partial charge in [0.05, 0.1) is 12.7 Å². The third-order valence-corrected chi connectivity index (χ3v) is 3.05. The van der Waals surface area contributed by atoms with E-state index in [2.05, 4.69) is 17.4 Å². The summed E-state index contributed by atoms with van der Waals surface area (Å²) < 4.78 is 4.61. The summed E-state index contributed by atoms with van der Waals surface area (Å²) in [5.41, 5.74) is 1.27. The van der Waals surface area contributed by atoms with Crippen molar-refractivity contribution in [1.82, 2.24) is 0 Å². The normalized spacial score (nSPS) is 19.5. The lowest BCUT2D eigenvalue weighted by molar-refractivity contribution is -0.117. The minimum absolute atomic E-state index is 0.0656. The molecule has 90 valence electrons. The number of carbonyl (C=O) groups excluding carboxylic acids is 2. The summed E-state index contributed by atoms with van der Waals surface area (Å²) in [6.07, 6.45) is 0.460. The van der Waals surface area contributed by atoms with Gasteiger partial charge in [0.25, 0.3) is 0 Å². The molecule has 5 heteroatoms. The van der Waals surface area contributed by atoms with Gasteiger partial charge >= 0.3 is 5.97 Å². The Morgan fingerprint density at radius 1 is 1.41 bits per heavy atom. The standard InChI is InChI=1S/C12H13NO3S/c1-16-12(15)8-2-4-9(5-3-8)13-7-10(17)6-11(13)14/h2-5,10,17H,6-7H2,1H3. The van der Waals surface area contributed by atoms with Crippen LogP contribution in [0.5, 0.6) is 0 Å². The molecule has 1 aliphatic rings. The van der Waals surface area contributed by atoms with Crippen molar-refractivity contribution in [1.29, 1.82) is 0 Å². The smallest absolute Gasteiger partial charge is 0.337 e. The highest BCUT2D eigenvalue weighted by atomic mass is 32.1. The van der Waals surface area contributed by atoms with E-state index in [1.54, 1.807) is 29.2 Å². The topological polar surface area (TPSA) is 46.6 Å². The molecule has 1 unspecified atom stereocenters. The molecule has 0 aromatic heterocycles. The van der Waals surface area contributed by atoms with E-state index in [1.807, 2.05) is 0 Å². The van der Waals surface area contributed by atoms with Crippen molar-refractivity contribution in [3.8, 4) is 0 Å². The Bertz CT molecular complexity index is 444. The molecule has 1 heterocycles. The molecule has 1 fully saturated rings. The molecule has 1 aromatic rings. The number of benzene rings is 1. The lowest BCUT2D eigenvalue weighted by Crippen LogP contribution is -2.24. The maximum atomic E-state index is 11.6. The van der Waals surface area contributed by atoms with Crippen molar-refractivity contribution >= 4 is 30.2 Å². The van der Waals surface area contributed by atoms with Gasteiger partial charge in [-0.1, -0.05) is 0 Å². The molecule has 2 rings (SSSR count). The van der Waals surface area contributed by atoms with Gasteiger partial charge in [-0.3, -0.25) is 4.79 Å². The first-order valence-corrected chi connectivity index (χ1v) is 5.80. The molecule has 0 saturated carbocycles. The average molecular weight is 251 g/mol. The summed E-state index contributed by atoms with van der Waals surface area (Å²) in [6, 6.07) is 6.80. The molecule has 1 aromatic carbocycles. The van der Waals surface area contributed by atoms with Gasteiger partial charge in [0, 0.05) is 23.9 Å². The van der Waals surface area contributed by atoms with Crippen LogP contribution >= 0.6 is 12.6 Å². The SMILES string of the molecule is COC(=O)c1ccc(N2CC(S)CC2=O)cc1. The van der Waals surface area contributed by atoms with Crippen LogP contribution in [0.1, 0.15) is 16.8 Å². The molecule has 1 aliphatic heterocycles. The minimum atomic E-state index is -0.378. The van der Waals surface area contributed by atoms with E-state index >= 15 is 0 Å². The minimum Gasteiger partial charge on any atom is -0.465 e. The molecular formula is C12H13NO3S. The Labute approximate surface area is 105 Å². The number of methoxy groups -OCH3 is 1. The molecule has 4 nitrogen and oxygen atoms in total. The quantitative estimate of drug-likeness (QED) is 0.640. The summed E-state index contributed by atoms with van der Waals surface area (Å²) in [5.74, 6) is -0.313. The van der Waals surface area contributed by atoms with Crippen LogP contribution in [-0.4, -0.2) is 30.8 Å². The van der Waals surface area contributed by atoms with E-state index in [0.29, 0.717) is 18.5 Å². The van der Waals surface area contributed by atoms with E-state index < -0.39 is 0 Å². The summed E-state index contributed by atoms with van der Waals surface area (Å²) in [5, 5.41) is 0.0859. The number of anilines is 1. The maximum absolute atomic E-state index is 11.6. The highest BCUT2D eigenvalue weighted by Crippen LogP contribution is 2.24. The monoisotopic (exact) mass is 251 g/mol. The van der Waals surface area contributed by atoms with E-state index in [9.17, 15) is 9.59 Å². The molecule has 1 saturated heterocycles. The average Bonchev–Trinajstić information content (AvgIpc) is 2.68. The lowest BCUT2D eigenvalue weighted by atomic mass is 10.2. The first kappa shape index (κ1) is 12.0. The largest absolute Gasteiger partial charge is 0.465 e. The van der Waals surface area contributed by atoms with Gasteiger partial charge in [-0.05, 0) is 24.3 Å². The van der Waals surface area contributed by atoms with Gasteiger partial charge in [-0.25, -0.2) is 4.79 Å². The van der Waals surface area contributed by atoms with Crippen molar-refractivity contribution in [2.45, 2.75) is 11.7 Å². The molecule has 0 N–H and O–H groups in total. The molecule has 0 radical (unpaired) electrons.